The van der Waals surface area contributed by atoms with Crippen molar-refractivity contribution in [1.82, 2.24) is 4.31 Å². The summed E-state index contributed by atoms with van der Waals surface area (Å²) in [5.74, 6) is -1.75. The number of sulfonamides is 1. The summed E-state index contributed by atoms with van der Waals surface area (Å²) in [7, 11) is -4.16. The van der Waals surface area contributed by atoms with E-state index in [1.807, 2.05) is 0 Å². The van der Waals surface area contributed by atoms with Crippen molar-refractivity contribution >= 4 is 38.6 Å². The number of ether oxygens (including phenoxy) is 1. The molecule has 0 amide bonds. The van der Waals surface area contributed by atoms with Crippen LogP contribution in [0.5, 0.6) is 5.75 Å². The number of halogens is 4. The Morgan fingerprint density at radius 2 is 1.75 bits per heavy atom. The summed E-state index contributed by atoms with van der Waals surface area (Å²) >= 11 is 6.15. The Balaban J connectivity index is 1.62. The lowest BCUT2D eigenvalue weighted by Gasteiger charge is -2.21. The van der Waals surface area contributed by atoms with E-state index in [1.165, 1.54) is 36.4 Å². The van der Waals surface area contributed by atoms with Crippen LogP contribution in [-0.2, 0) is 21.0 Å². The van der Waals surface area contributed by atoms with Crippen LogP contribution in [0.25, 0.3) is 22.3 Å². The Hall–Kier alpha value is -3.87. The maximum Gasteiger partial charge on any atom is 0.416 e. The number of carboxylic acid groups (broad SMARTS) is 1. The Morgan fingerprint density at radius 1 is 1.02 bits per heavy atom. The Kier molecular flexibility index (Phi) is 8.52. The quantitative estimate of drug-likeness (QED) is 0.235. The molecule has 0 aliphatic carbocycles. The van der Waals surface area contributed by atoms with Gasteiger partial charge < -0.3 is 14.3 Å². The number of aliphatic carboxylic acids is 1. The standard InChI is InChI=1S/C27H21ClF3NO7S/c28-21-9-4-8-19-22(33)15-24(39-26(19)21)20-11-10-17(27(29,30)31)14-23(20)38-13-5-12-32(16-25(34)35)40(36,37)18-6-2-1-3-7-18/h1-4,6-11,14-15H,5,12-13,16H2,(H,34,35). The third-order valence-electron chi connectivity index (χ3n) is 5.78. The van der Waals surface area contributed by atoms with E-state index in [2.05, 4.69) is 0 Å². The summed E-state index contributed by atoms with van der Waals surface area (Å²) in [6.07, 6.45) is -4.77. The van der Waals surface area contributed by atoms with Crippen LogP contribution in [0.1, 0.15) is 12.0 Å². The van der Waals surface area contributed by atoms with Gasteiger partial charge in [-0.15, -0.1) is 0 Å². The number of nitrogens with zero attached hydrogens (tertiary/aromatic N) is 1. The van der Waals surface area contributed by atoms with E-state index >= 15 is 0 Å². The molecule has 0 unspecified atom stereocenters. The van der Waals surface area contributed by atoms with E-state index in [1.54, 1.807) is 12.1 Å². The van der Waals surface area contributed by atoms with Crippen LogP contribution >= 0.6 is 11.6 Å². The summed E-state index contributed by atoms with van der Waals surface area (Å²) in [5, 5.41) is 9.54. The average molecular weight is 596 g/mol. The van der Waals surface area contributed by atoms with Crippen LogP contribution in [0.15, 0.2) is 86.9 Å². The normalized spacial score (nSPS) is 12.1. The van der Waals surface area contributed by atoms with Crippen molar-refractivity contribution < 1.29 is 40.6 Å². The number of rotatable bonds is 10. The van der Waals surface area contributed by atoms with Crippen molar-refractivity contribution in [3.8, 4) is 17.1 Å². The van der Waals surface area contributed by atoms with Gasteiger partial charge in [0.1, 0.15) is 18.1 Å². The molecule has 40 heavy (non-hydrogen) atoms. The third kappa shape index (κ3) is 6.46. The van der Waals surface area contributed by atoms with Gasteiger partial charge in [-0.1, -0.05) is 35.9 Å². The maximum atomic E-state index is 13.5. The molecule has 0 spiro atoms. The fraction of sp³-hybridized carbons (Fsp3) is 0.185. The van der Waals surface area contributed by atoms with Crippen LogP contribution < -0.4 is 10.2 Å². The van der Waals surface area contributed by atoms with Crippen molar-refractivity contribution in [1.29, 1.82) is 0 Å². The first-order chi connectivity index (χ1) is 18.9. The molecule has 0 atom stereocenters. The van der Waals surface area contributed by atoms with Crippen LogP contribution in [0.3, 0.4) is 0 Å². The number of para-hydroxylation sites is 1. The van der Waals surface area contributed by atoms with E-state index in [0.717, 1.165) is 28.6 Å². The Labute approximate surface area is 231 Å². The summed E-state index contributed by atoms with van der Waals surface area (Å²) in [5.41, 5.74) is -1.41. The van der Waals surface area contributed by atoms with E-state index in [4.69, 9.17) is 20.8 Å². The smallest absolute Gasteiger partial charge is 0.416 e. The van der Waals surface area contributed by atoms with E-state index in [9.17, 15) is 36.3 Å². The number of carboxylic acids is 1. The number of fused-ring (bicyclic) bond motifs is 1. The van der Waals surface area contributed by atoms with E-state index in [0.29, 0.717) is 0 Å². The zero-order valence-corrected chi connectivity index (χ0v) is 22.1. The van der Waals surface area contributed by atoms with Crippen LogP contribution in [-0.4, -0.2) is 43.5 Å². The minimum Gasteiger partial charge on any atom is -0.493 e. The molecule has 1 N–H and O–H groups in total. The molecule has 0 fully saturated rings. The molecule has 4 rings (SSSR count). The lowest BCUT2D eigenvalue weighted by molar-refractivity contribution is -0.138. The highest BCUT2D eigenvalue weighted by Gasteiger charge is 2.32. The zero-order valence-electron chi connectivity index (χ0n) is 20.5. The molecule has 1 aromatic heterocycles. The van der Waals surface area contributed by atoms with E-state index in [-0.39, 0.29) is 57.5 Å². The third-order valence-corrected chi connectivity index (χ3v) is 7.94. The second kappa shape index (κ2) is 11.7. The van der Waals surface area contributed by atoms with Gasteiger partial charge in [-0.2, -0.15) is 17.5 Å². The lowest BCUT2D eigenvalue weighted by atomic mass is 10.1. The predicted molar refractivity (Wildman–Crippen MR) is 141 cm³/mol. The fourth-order valence-corrected chi connectivity index (χ4v) is 5.56. The first-order valence-corrected chi connectivity index (χ1v) is 13.5. The molecule has 210 valence electrons. The van der Waals surface area contributed by atoms with Crippen LogP contribution in [0.4, 0.5) is 13.2 Å². The van der Waals surface area contributed by atoms with Gasteiger partial charge in [0.15, 0.2) is 11.0 Å². The second-order valence-corrected chi connectivity index (χ2v) is 10.9. The largest absolute Gasteiger partial charge is 0.493 e. The number of carbonyl (C=O) groups is 1. The Bertz CT molecular complexity index is 1710. The van der Waals surface area contributed by atoms with Crippen LogP contribution in [0.2, 0.25) is 5.02 Å². The SMILES string of the molecule is O=C(O)CN(CCCOc1cc(C(F)(F)F)ccc1-c1cc(=O)c2cccc(Cl)c2o1)S(=O)(=O)c1ccccc1. The molecule has 0 radical (unpaired) electrons. The number of benzene rings is 3. The number of hydrogen-bond acceptors (Lipinski definition) is 6. The second-order valence-electron chi connectivity index (χ2n) is 8.55. The first kappa shape index (κ1) is 29.1. The van der Waals surface area contributed by atoms with Gasteiger partial charge in [0.25, 0.3) is 0 Å². The van der Waals surface area contributed by atoms with Gasteiger partial charge in [0.2, 0.25) is 10.0 Å². The topological polar surface area (TPSA) is 114 Å². The van der Waals surface area contributed by atoms with Crippen LogP contribution in [0, 0.1) is 0 Å². The predicted octanol–water partition coefficient (Wildman–Crippen LogP) is 5.68. The van der Waals surface area contributed by atoms with Gasteiger partial charge in [-0.3, -0.25) is 9.59 Å². The number of hydrogen-bond donors (Lipinski definition) is 1. The first-order valence-electron chi connectivity index (χ1n) is 11.7. The van der Waals surface area contributed by atoms with E-state index < -0.39 is 39.7 Å². The Morgan fingerprint density at radius 3 is 2.42 bits per heavy atom. The maximum absolute atomic E-state index is 13.5. The summed E-state index contributed by atoms with van der Waals surface area (Å²) in [4.78, 5) is 23.9. The molecule has 8 nitrogen and oxygen atoms in total. The van der Waals surface area contributed by atoms with Crippen molar-refractivity contribution in [2.75, 3.05) is 19.7 Å². The van der Waals surface area contributed by atoms with Crippen molar-refractivity contribution in [3.05, 3.63) is 93.6 Å². The highest BCUT2D eigenvalue weighted by molar-refractivity contribution is 7.89. The molecular weight excluding hydrogens is 575 g/mol. The summed E-state index contributed by atoms with van der Waals surface area (Å²) < 4.78 is 78.4. The monoisotopic (exact) mass is 595 g/mol. The minimum atomic E-state index is -4.70. The summed E-state index contributed by atoms with van der Waals surface area (Å²) in [6.45, 7) is -1.40. The molecule has 0 aliphatic rings. The van der Waals surface area contributed by atoms with Gasteiger partial charge in [-0.25, -0.2) is 8.42 Å². The van der Waals surface area contributed by atoms with Crippen molar-refractivity contribution in [2.24, 2.45) is 0 Å². The number of alkyl halides is 3. The molecule has 1 heterocycles. The van der Waals surface area contributed by atoms with Gasteiger partial charge in [0.05, 0.1) is 33.0 Å². The molecule has 0 saturated heterocycles. The minimum absolute atomic E-state index is 0.0335. The molecule has 0 aliphatic heterocycles. The molecular formula is C27H21ClF3NO7S. The fourth-order valence-electron chi connectivity index (χ4n) is 3.90. The molecule has 0 saturated carbocycles. The van der Waals surface area contributed by atoms with Gasteiger partial charge in [0, 0.05) is 12.6 Å². The molecule has 4 aromatic rings. The molecule has 13 heteroatoms. The lowest BCUT2D eigenvalue weighted by Crippen LogP contribution is -2.37. The molecule has 0 bridgehead atoms. The zero-order chi connectivity index (χ0) is 29.1. The highest BCUT2D eigenvalue weighted by atomic mass is 35.5. The highest BCUT2D eigenvalue weighted by Crippen LogP contribution is 2.38. The van der Waals surface area contributed by atoms with Gasteiger partial charge >= 0.3 is 12.1 Å². The van der Waals surface area contributed by atoms with Crippen molar-refractivity contribution in [2.45, 2.75) is 17.5 Å². The molecule has 3 aromatic carbocycles. The summed E-state index contributed by atoms with van der Waals surface area (Å²) in [6, 6.07) is 15.5. The van der Waals surface area contributed by atoms with Gasteiger partial charge in [-0.05, 0) is 48.9 Å². The van der Waals surface area contributed by atoms with Crippen molar-refractivity contribution in [3.63, 3.8) is 0 Å². The average Bonchev–Trinajstić information content (AvgIpc) is 2.90.